The number of carbonyl (C=O) groups is 2. The fourth-order valence-corrected chi connectivity index (χ4v) is 3.24. The monoisotopic (exact) mass is 341 g/mol. The quantitative estimate of drug-likeness (QED) is 0.873. The Bertz CT molecular complexity index is 547. The number of halogens is 1. The number of furan rings is 1. The van der Waals surface area contributed by atoms with E-state index in [-0.39, 0.29) is 36.3 Å². The van der Waals surface area contributed by atoms with Gasteiger partial charge in [-0.3, -0.25) is 9.59 Å². The number of nitrogens with zero attached hydrogens (tertiary/aromatic N) is 1. The molecule has 7 heteroatoms. The lowest BCUT2D eigenvalue weighted by Gasteiger charge is -2.33. The number of amides is 2. The molecule has 2 amide bonds. The van der Waals surface area contributed by atoms with Crippen molar-refractivity contribution in [2.75, 3.05) is 19.6 Å². The van der Waals surface area contributed by atoms with Crippen molar-refractivity contribution in [1.29, 1.82) is 0 Å². The minimum atomic E-state index is -0.0894. The lowest BCUT2D eigenvalue weighted by molar-refractivity contribution is -0.134. The molecule has 0 aromatic carbocycles. The van der Waals surface area contributed by atoms with Crippen LogP contribution in [0.5, 0.6) is 0 Å². The number of nitrogens with one attached hydrogen (secondary N) is 2. The molecule has 0 saturated carbocycles. The maximum atomic E-state index is 12.3. The molecule has 3 rings (SSSR count). The minimum Gasteiger partial charge on any atom is -0.469 e. The summed E-state index contributed by atoms with van der Waals surface area (Å²) in [4.78, 5) is 26.4. The van der Waals surface area contributed by atoms with E-state index in [4.69, 9.17) is 4.42 Å². The fraction of sp³-hybridized carbons (Fsp3) is 0.625. The largest absolute Gasteiger partial charge is 0.469 e. The van der Waals surface area contributed by atoms with Gasteiger partial charge in [0.05, 0.1) is 17.9 Å². The zero-order valence-electron chi connectivity index (χ0n) is 13.3. The SMILES string of the molecule is Cc1occc1C(=O)NC1CCN(C(=O)C2CCCN2)CC1.Cl. The molecule has 0 spiro atoms. The van der Waals surface area contributed by atoms with Crippen LogP contribution in [0.15, 0.2) is 16.7 Å². The van der Waals surface area contributed by atoms with E-state index in [2.05, 4.69) is 10.6 Å². The molecule has 1 atom stereocenters. The molecule has 2 fully saturated rings. The third-order valence-corrected chi connectivity index (χ3v) is 4.60. The molecule has 1 aromatic heterocycles. The predicted octanol–water partition coefficient (Wildman–Crippen LogP) is 1.48. The van der Waals surface area contributed by atoms with Crippen LogP contribution in [0.25, 0.3) is 0 Å². The van der Waals surface area contributed by atoms with Gasteiger partial charge < -0.3 is 20.0 Å². The van der Waals surface area contributed by atoms with Crippen molar-refractivity contribution in [1.82, 2.24) is 15.5 Å². The van der Waals surface area contributed by atoms with E-state index in [9.17, 15) is 9.59 Å². The van der Waals surface area contributed by atoms with Gasteiger partial charge in [0, 0.05) is 19.1 Å². The van der Waals surface area contributed by atoms with E-state index < -0.39 is 0 Å². The Labute approximate surface area is 142 Å². The van der Waals surface area contributed by atoms with Gasteiger partial charge in [-0.2, -0.15) is 0 Å². The van der Waals surface area contributed by atoms with Gasteiger partial charge in [-0.1, -0.05) is 0 Å². The molecular formula is C16H24ClN3O3. The van der Waals surface area contributed by atoms with Crippen LogP contribution >= 0.6 is 12.4 Å². The fourth-order valence-electron chi connectivity index (χ4n) is 3.24. The van der Waals surface area contributed by atoms with Crippen molar-refractivity contribution in [2.45, 2.75) is 44.7 Å². The Kier molecular flexibility index (Phi) is 6.07. The highest BCUT2D eigenvalue weighted by molar-refractivity contribution is 5.95. The molecule has 0 aliphatic carbocycles. The third kappa shape index (κ3) is 4.06. The zero-order chi connectivity index (χ0) is 15.5. The summed E-state index contributed by atoms with van der Waals surface area (Å²) in [5.74, 6) is 0.763. The Morgan fingerprint density at radius 2 is 2.04 bits per heavy atom. The first kappa shape index (κ1) is 17.8. The number of hydrogen-bond donors (Lipinski definition) is 2. The molecule has 3 heterocycles. The smallest absolute Gasteiger partial charge is 0.255 e. The number of hydrogen-bond acceptors (Lipinski definition) is 4. The molecule has 0 bridgehead atoms. The van der Waals surface area contributed by atoms with E-state index in [1.807, 2.05) is 4.90 Å². The highest BCUT2D eigenvalue weighted by atomic mass is 35.5. The maximum Gasteiger partial charge on any atom is 0.255 e. The van der Waals surface area contributed by atoms with Crippen molar-refractivity contribution >= 4 is 24.2 Å². The summed E-state index contributed by atoms with van der Waals surface area (Å²) in [6, 6.07) is 1.82. The lowest BCUT2D eigenvalue weighted by Crippen LogP contribution is -2.50. The Hall–Kier alpha value is -1.53. The summed E-state index contributed by atoms with van der Waals surface area (Å²) in [7, 11) is 0. The molecule has 0 radical (unpaired) electrons. The second-order valence-electron chi connectivity index (χ2n) is 6.11. The number of aryl methyl sites for hydroxylation is 1. The average molecular weight is 342 g/mol. The molecule has 6 nitrogen and oxygen atoms in total. The summed E-state index contributed by atoms with van der Waals surface area (Å²) < 4.78 is 5.16. The number of carbonyl (C=O) groups excluding carboxylic acids is 2. The molecule has 1 unspecified atom stereocenters. The zero-order valence-corrected chi connectivity index (χ0v) is 14.2. The molecule has 2 saturated heterocycles. The first-order chi connectivity index (χ1) is 10.6. The van der Waals surface area contributed by atoms with Gasteiger partial charge in [0.2, 0.25) is 5.91 Å². The van der Waals surface area contributed by atoms with Crippen LogP contribution in [0.2, 0.25) is 0 Å². The van der Waals surface area contributed by atoms with Crippen LogP contribution in [0, 0.1) is 6.92 Å². The van der Waals surface area contributed by atoms with Crippen LogP contribution < -0.4 is 10.6 Å². The van der Waals surface area contributed by atoms with E-state index in [0.717, 1.165) is 32.2 Å². The van der Waals surface area contributed by atoms with Crippen molar-refractivity contribution in [3.63, 3.8) is 0 Å². The van der Waals surface area contributed by atoms with Crippen LogP contribution in [0.3, 0.4) is 0 Å². The molecule has 2 aliphatic heterocycles. The van der Waals surface area contributed by atoms with Crippen molar-refractivity contribution in [3.05, 3.63) is 23.7 Å². The second kappa shape index (κ2) is 7.84. The Balaban J connectivity index is 0.00000192. The maximum absolute atomic E-state index is 12.3. The predicted molar refractivity (Wildman–Crippen MR) is 88.8 cm³/mol. The summed E-state index contributed by atoms with van der Waals surface area (Å²) >= 11 is 0. The first-order valence-corrected chi connectivity index (χ1v) is 8.02. The van der Waals surface area contributed by atoms with Crippen LogP contribution in [0.1, 0.15) is 41.8 Å². The minimum absolute atomic E-state index is 0. The number of likely N-dealkylation sites (tertiary alicyclic amines) is 1. The third-order valence-electron chi connectivity index (χ3n) is 4.60. The summed E-state index contributed by atoms with van der Waals surface area (Å²) in [6.45, 7) is 4.15. The summed E-state index contributed by atoms with van der Waals surface area (Å²) in [6.07, 6.45) is 5.16. The topological polar surface area (TPSA) is 74.6 Å². The van der Waals surface area contributed by atoms with Gasteiger partial charge in [0.1, 0.15) is 5.76 Å². The van der Waals surface area contributed by atoms with Gasteiger partial charge in [0.15, 0.2) is 0 Å². The highest BCUT2D eigenvalue weighted by Gasteiger charge is 2.30. The molecule has 1 aromatic rings. The van der Waals surface area contributed by atoms with Crippen molar-refractivity contribution in [3.8, 4) is 0 Å². The first-order valence-electron chi connectivity index (χ1n) is 8.02. The van der Waals surface area contributed by atoms with E-state index in [0.29, 0.717) is 24.4 Å². The summed E-state index contributed by atoms with van der Waals surface area (Å²) in [5, 5.41) is 6.29. The van der Waals surface area contributed by atoms with E-state index >= 15 is 0 Å². The van der Waals surface area contributed by atoms with Crippen LogP contribution in [-0.4, -0.2) is 48.4 Å². The standard InChI is InChI=1S/C16H23N3O3.ClH/c1-11-13(6-10-22-11)15(20)18-12-4-8-19(9-5-12)16(21)14-3-2-7-17-14;/h6,10,12,14,17H,2-5,7-9H2,1H3,(H,18,20);1H. The van der Waals surface area contributed by atoms with E-state index in [1.54, 1.807) is 13.0 Å². The summed E-state index contributed by atoms with van der Waals surface area (Å²) in [5.41, 5.74) is 0.591. The van der Waals surface area contributed by atoms with Gasteiger partial charge >= 0.3 is 0 Å². The second-order valence-corrected chi connectivity index (χ2v) is 6.11. The molecule has 23 heavy (non-hydrogen) atoms. The van der Waals surface area contributed by atoms with E-state index in [1.165, 1.54) is 6.26 Å². The molecular weight excluding hydrogens is 318 g/mol. The Morgan fingerprint density at radius 3 is 2.61 bits per heavy atom. The van der Waals surface area contributed by atoms with Crippen LogP contribution in [-0.2, 0) is 4.79 Å². The van der Waals surface area contributed by atoms with Gasteiger partial charge in [0.25, 0.3) is 5.91 Å². The Morgan fingerprint density at radius 1 is 1.30 bits per heavy atom. The highest BCUT2D eigenvalue weighted by Crippen LogP contribution is 2.16. The number of piperidine rings is 1. The van der Waals surface area contributed by atoms with Crippen molar-refractivity contribution in [2.24, 2.45) is 0 Å². The normalized spacial score (nSPS) is 21.8. The van der Waals surface area contributed by atoms with Gasteiger partial charge in [-0.15, -0.1) is 12.4 Å². The molecule has 2 N–H and O–H groups in total. The van der Waals surface area contributed by atoms with Gasteiger partial charge in [-0.25, -0.2) is 0 Å². The van der Waals surface area contributed by atoms with Crippen LogP contribution in [0.4, 0.5) is 0 Å². The van der Waals surface area contributed by atoms with Crippen molar-refractivity contribution < 1.29 is 14.0 Å². The average Bonchev–Trinajstić information content (AvgIpc) is 3.18. The van der Waals surface area contributed by atoms with Gasteiger partial charge in [-0.05, 0) is 45.2 Å². The lowest BCUT2D eigenvalue weighted by atomic mass is 10.0. The number of rotatable bonds is 3. The molecule has 128 valence electrons. The molecule has 2 aliphatic rings.